The van der Waals surface area contributed by atoms with Gasteiger partial charge in [0.2, 0.25) is 0 Å². The second-order valence-electron chi connectivity index (χ2n) is 5.16. The number of ether oxygens (including phenoxy) is 1. The number of carboxylic acids is 1. The van der Waals surface area contributed by atoms with Crippen LogP contribution >= 0.6 is 0 Å². The second kappa shape index (κ2) is 5.79. The van der Waals surface area contributed by atoms with Crippen LogP contribution in [0.1, 0.15) is 32.3 Å². The maximum atomic E-state index is 12.1. The molecule has 1 unspecified atom stereocenters. The van der Waals surface area contributed by atoms with Gasteiger partial charge in [-0.15, -0.1) is 0 Å². The molecular formula is C13H18N2O4. The zero-order valence-corrected chi connectivity index (χ0v) is 11.2. The molecule has 0 aliphatic heterocycles. The number of aromatic nitrogens is 1. The van der Waals surface area contributed by atoms with Crippen LogP contribution in [-0.2, 0) is 14.3 Å². The first kappa shape index (κ1) is 15.1. The van der Waals surface area contributed by atoms with Gasteiger partial charge in [0, 0.05) is 12.4 Å². The highest BCUT2D eigenvalue weighted by atomic mass is 16.6. The SMILES string of the molecule is CC(C)(C)OC(=O)[C@@H](c1cccnc1)C(N)C(=O)O. The Hall–Kier alpha value is -1.95. The zero-order valence-electron chi connectivity index (χ0n) is 11.2. The largest absolute Gasteiger partial charge is 0.480 e. The number of carbonyl (C=O) groups excluding carboxylic acids is 1. The summed E-state index contributed by atoms with van der Waals surface area (Å²) in [6.45, 7) is 5.12. The van der Waals surface area contributed by atoms with E-state index in [0.29, 0.717) is 5.56 Å². The highest BCUT2D eigenvalue weighted by Crippen LogP contribution is 2.23. The first-order valence-corrected chi connectivity index (χ1v) is 5.83. The molecule has 1 rings (SSSR count). The summed E-state index contributed by atoms with van der Waals surface area (Å²) in [5, 5.41) is 9.01. The average Bonchev–Trinajstić information content (AvgIpc) is 2.28. The number of esters is 1. The van der Waals surface area contributed by atoms with Gasteiger partial charge in [-0.3, -0.25) is 14.6 Å². The second-order valence-corrected chi connectivity index (χ2v) is 5.16. The Morgan fingerprint density at radius 1 is 1.42 bits per heavy atom. The summed E-state index contributed by atoms with van der Waals surface area (Å²) < 4.78 is 5.22. The van der Waals surface area contributed by atoms with Crippen molar-refractivity contribution in [3.63, 3.8) is 0 Å². The Labute approximate surface area is 111 Å². The maximum absolute atomic E-state index is 12.1. The number of hydrogen-bond acceptors (Lipinski definition) is 5. The molecule has 0 fully saturated rings. The first-order chi connectivity index (χ1) is 8.72. The van der Waals surface area contributed by atoms with Crippen LogP contribution in [0, 0.1) is 0 Å². The minimum atomic E-state index is -1.38. The quantitative estimate of drug-likeness (QED) is 0.785. The Balaban J connectivity index is 3.07. The first-order valence-electron chi connectivity index (χ1n) is 5.83. The van der Waals surface area contributed by atoms with E-state index in [1.165, 1.54) is 12.4 Å². The molecule has 0 saturated heterocycles. The van der Waals surface area contributed by atoms with Crippen LogP contribution < -0.4 is 5.73 Å². The number of carboxylic acid groups (broad SMARTS) is 1. The predicted octanol–water partition coefficient (Wildman–Crippen LogP) is 0.919. The maximum Gasteiger partial charge on any atom is 0.321 e. The van der Waals surface area contributed by atoms with E-state index >= 15 is 0 Å². The van der Waals surface area contributed by atoms with E-state index in [-0.39, 0.29) is 0 Å². The number of hydrogen-bond donors (Lipinski definition) is 2. The molecule has 1 aromatic heterocycles. The normalized spacial score (nSPS) is 14.5. The van der Waals surface area contributed by atoms with Crippen LogP contribution in [0.2, 0.25) is 0 Å². The van der Waals surface area contributed by atoms with Crippen molar-refractivity contribution in [2.45, 2.75) is 38.3 Å². The molecule has 2 atom stereocenters. The smallest absolute Gasteiger partial charge is 0.321 e. The zero-order chi connectivity index (χ0) is 14.6. The van der Waals surface area contributed by atoms with Gasteiger partial charge in [-0.1, -0.05) is 6.07 Å². The molecule has 6 heteroatoms. The number of rotatable bonds is 4. The lowest BCUT2D eigenvalue weighted by Crippen LogP contribution is -2.42. The van der Waals surface area contributed by atoms with Crippen LogP contribution in [0.3, 0.4) is 0 Å². The van der Waals surface area contributed by atoms with E-state index in [1.807, 2.05) is 0 Å². The van der Waals surface area contributed by atoms with Gasteiger partial charge in [0.05, 0.1) is 0 Å². The lowest BCUT2D eigenvalue weighted by atomic mass is 9.93. The lowest BCUT2D eigenvalue weighted by Gasteiger charge is -2.25. The van der Waals surface area contributed by atoms with Crippen molar-refractivity contribution in [1.82, 2.24) is 4.98 Å². The van der Waals surface area contributed by atoms with E-state index in [1.54, 1.807) is 32.9 Å². The number of nitrogens with two attached hydrogens (primary N) is 1. The fraction of sp³-hybridized carbons (Fsp3) is 0.462. The molecule has 0 aliphatic rings. The van der Waals surface area contributed by atoms with Gasteiger partial charge in [0.15, 0.2) is 0 Å². The molecule has 0 bridgehead atoms. The Bertz CT molecular complexity index is 453. The van der Waals surface area contributed by atoms with Crippen LogP contribution in [-0.4, -0.2) is 33.7 Å². The van der Waals surface area contributed by atoms with E-state index in [0.717, 1.165) is 0 Å². The van der Waals surface area contributed by atoms with Gasteiger partial charge in [-0.05, 0) is 32.4 Å². The molecule has 1 heterocycles. The summed E-state index contributed by atoms with van der Waals surface area (Å²) >= 11 is 0. The number of aliphatic carboxylic acids is 1. The van der Waals surface area contributed by atoms with Gasteiger partial charge < -0.3 is 15.6 Å². The molecule has 19 heavy (non-hydrogen) atoms. The summed E-state index contributed by atoms with van der Waals surface area (Å²) in [4.78, 5) is 27.0. The van der Waals surface area contributed by atoms with Gasteiger partial charge in [-0.2, -0.15) is 0 Å². The number of nitrogens with zero attached hydrogens (tertiary/aromatic N) is 1. The van der Waals surface area contributed by atoms with Gasteiger partial charge in [-0.25, -0.2) is 0 Å². The molecule has 0 amide bonds. The van der Waals surface area contributed by atoms with E-state index < -0.39 is 29.5 Å². The van der Waals surface area contributed by atoms with E-state index in [4.69, 9.17) is 15.6 Å². The Kier molecular flexibility index (Phi) is 4.61. The molecule has 0 radical (unpaired) electrons. The van der Waals surface area contributed by atoms with Crippen molar-refractivity contribution in [2.75, 3.05) is 0 Å². The topological polar surface area (TPSA) is 103 Å². The van der Waals surface area contributed by atoms with E-state index in [2.05, 4.69) is 4.98 Å². The van der Waals surface area contributed by atoms with Crippen LogP contribution in [0.25, 0.3) is 0 Å². The van der Waals surface area contributed by atoms with Crippen LogP contribution in [0.4, 0.5) is 0 Å². The fourth-order valence-corrected chi connectivity index (χ4v) is 1.56. The molecule has 3 N–H and O–H groups in total. The molecular weight excluding hydrogens is 248 g/mol. The molecule has 0 aromatic carbocycles. The van der Waals surface area contributed by atoms with Gasteiger partial charge in [0.25, 0.3) is 0 Å². The average molecular weight is 266 g/mol. The number of pyridine rings is 1. The van der Waals surface area contributed by atoms with Crippen molar-refractivity contribution in [1.29, 1.82) is 0 Å². The molecule has 0 spiro atoms. The predicted molar refractivity (Wildman–Crippen MR) is 68.4 cm³/mol. The van der Waals surface area contributed by atoms with Crippen molar-refractivity contribution in [2.24, 2.45) is 5.73 Å². The number of carbonyl (C=O) groups is 2. The fourth-order valence-electron chi connectivity index (χ4n) is 1.56. The minimum absolute atomic E-state index is 0.423. The molecule has 0 saturated carbocycles. The van der Waals surface area contributed by atoms with Gasteiger partial charge >= 0.3 is 11.9 Å². The van der Waals surface area contributed by atoms with Crippen molar-refractivity contribution >= 4 is 11.9 Å². The molecule has 6 nitrogen and oxygen atoms in total. The molecule has 0 aliphatic carbocycles. The van der Waals surface area contributed by atoms with Crippen LogP contribution in [0.5, 0.6) is 0 Å². The monoisotopic (exact) mass is 266 g/mol. The van der Waals surface area contributed by atoms with Crippen molar-refractivity contribution in [3.05, 3.63) is 30.1 Å². The highest BCUT2D eigenvalue weighted by Gasteiger charge is 2.35. The standard InChI is InChI=1S/C13H18N2O4/c1-13(2,3)19-12(18)9(10(14)11(16)17)8-5-4-6-15-7-8/h4-7,9-10H,14H2,1-3H3,(H,16,17)/t9-,10?/m0/s1. The lowest BCUT2D eigenvalue weighted by molar-refractivity contribution is -0.160. The van der Waals surface area contributed by atoms with Crippen molar-refractivity contribution in [3.8, 4) is 0 Å². The third-order valence-corrected chi connectivity index (χ3v) is 2.35. The summed E-state index contributed by atoms with van der Waals surface area (Å²) in [7, 11) is 0. The van der Waals surface area contributed by atoms with Crippen LogP contribution in [0.15, 0.2) is 24.5 Å². The summed E-state index contributed by atoms with van der Waals surface area (Å²) in [6, 6.07) is 1.84. The summed E-state index contributed by atoms with van der Waals surface area (Å²) in [5.41, 5.74) is 5.29. The summed E-state index contributed by atoms with van der Waals surface area (Å²) in [5.74, 6) is -3.01. The summed E-state index contributed by atoms with van der Waals surface area (Å²) in [6.07, 6.45) is 2.94. The Morgan fingerprint density at radius 2 is 2.05 bits per heavy atom. The minimum Gasteiger partial charge on any atom is -0.480 e. The third kappa shape index (κ3) is 4.33. The van der Waals surface area contributed by atoms with Crippen molar-refractivity contribution < 1.29 is 19.4 Å². The highest BCUT2D eigenvalue weighted by molar-refractivity contribution is 5.87. The molecule has 104 valence electrons. The molecule has 1 aromatic rings. The third-order valence-electron chi connectivity index (χ3n) is 2.35. The van der Waals surface area contributed by atoms with E-state index in [9.17, 15) is 9.59 Å². The van der Waals surface area contributed by atoms with Gasteiger partial charge in [0.1, 0.15) is 17.6 Å². The Morgan fingerprint density at radius 3 is 2.47 bits per heavy atom.